The third-order valence-electron chi connectivity index (χ3n) is 3.49. The highest BCUT2D eigenvalue weighted by atomic mass is 28.5. The molecular weight excluding hydrogens is 264 g/mol. The van der Waals surface area contributed by atoms with Gasteiger partial charge >= 0.3 is 0 Å². The van der Waals surface area contributed by atoms with Gasteiger partial charge in [-0.15, -0.1) is 0 Å². The first kappa shape index (κ1) is 14.8. The highest BCUT2D eigenvalue weighted by Gasteiger charge is 2.60. The van der Waals surface area contributed by atoms with Crippen LogP contribution in [0.3, 0.4) is 0 Å². The maximum atomic E-state index is 2.98. The summed E-state index contributed by atoms with van der Waals surface area (Å²) >= 11 is 0. The molecule has 1 saturated heterocycles. The van der Waals surface area contributed by atoms with E-state index in [4.69, 9.17) is 0 Å². The van der Waals surface area contributed by atoms with Crippen molar-refractivity contribution in [2.75, 3.05) is 28.2 Å². The van der Waals surface area contributed by atoms with Gasteiger partial charge < -0.3 is 16.9 Å². The molecule has 1 aliphatic rings. The van der Waals surface area contributed by atoms with Gasteiger partial charge in [-0.25, -0.2) is 0 Å². The van der Waals surface area contributed by atoms with Crippen LogP contribution >= 0.6 is 0 Å². The molecule has 0 saturated carbocycles. The van der Waals surface area contributed by atoms with E-state index < -0.39 is 16.8 Å². The lowest BCUT2D eigenvalue weighted by Gasteiger charge is -2.68. The molecule has 1 fully saturated rings. The van der Waals surface area contributed by atoms with Crippen LogP contribution in [0.25, 0.3) is 0 Å². The topological polar surface area (TPSA) is 13.0 Å². The standard InChI is InChI=1S/C8H28N4Si4/c1-9(2)13-11-15(5,6)12(14-10(3)4)16(11,7)8/h13-14H2,1-8H3. The normalized spacial score (nSPS) is 26.6. The summed E-state index contributed by atoms with van der Waals surface area (Å²) < 4.78 is 10.9. The van der Waals surface area contributed by atoms with Crippen molar-refractivity contribution in [3.63, 3.8) is 0 Å². The van der Waals surface area contributed by atoms with Crippen molar-refractivity contribution in [2.24, 2.45) is 0 Å². The summed E-state index contributed by atoms with van der Waals surface area (Å²) in [6.07, 6.45) is 0. The van der Waals surface area contributed by atoms with E-state index in [1.807, 2.05) is 0 Å². The summed E-state index contributed by atoms with van der Waals surface area (Å²) in [6, 6.07) is 0. The Kier molecular flexibility index (Phi) is 4.40. The molecule has 0 amide bonds. The minimum absolute atomic E-state index is 0.165. The largest absolute Gasteiger partial charge is 0.338 e. The fraction of sp³-hybridized carbons (Fsp3) is 1.00. The van der Waals surface area contributed by atoms with Crippen LogP contribution in [0.4, 0.5) is 0 Å². The minimum atomic E-state index is -1.20. The molecule has 0 aromatic rings. The van der Waals surface area contributed by atoms with Crippen molar-refractivity contribution < 1.29 is 0 Å². The number of hydrogen-bond acceptors (Lipinski definition) is 4. The SMILES string of the molecule is CN(C)[SiH2]N1[Si](C)(C)N([SiH2]N(C)C)[Si]1(C)C. The van der Waals surface area contributed by atoms with Gasteiger partial charge in [0.05, 0.1) is 0 Å². The predicted octanol–water partition coefficient (Wildman–Crippen LogP) is -0.872. The molecule has 0 N–H and O–H groups in total. The van der Waals surface area contributed by atoms with Crippen LogP contribution in [-0.4, -0.2) is 81.6 Å². The Bertz CT molecular complexity index is 218. The molecular formula is C8H28N4Si4. The molecule has 0 bridgehead atoms. The van der Waals surface area contributed by atoms with Gasteiger partial charge in [0, 0.05) is 0 Å². The fourth-order valence-electron chi connectivity index (χ4n) is 2.84. The minimum Gasteiger partial charge on any atom is -0.338 e. The molecule has 1 aliphatic heterocycles. The van der Waals surface area contributed by atoms with Crippen LogP contribution in [0.15, 0.2) is 0 Å². The zero-order chi connectivity index (χ0) is 12.7. The molecule has 16 heavy (non-hydrogen) atoms. The van der Waals surface area contributed by atoms with Crippen molar-refractivity contribution in [3.8, 4) is 0 Å². The van der Waals surface area contributed by atoms with Crippen LogP contribution in [-0.2, 0) is 0 Å². The molecule has 0 aromatic carbocycles. The van der Waals surface area contributed by atoms with Gasteiger partial charge in [0.25, 0.3) is 0 Å². The Hall–Kier alpha value is 0.708. The molecule has 0 aromatic heterocycles. The van der Waals surface area contributed by atoms with Gasteiger partial charge in [0.1, 0.15) is 0 Å². The third kappa shape index (κ3) is 2.58. The highest BCUT2D eigenvalue weighted by molar-refractivity contribution is 7.12. The number of nitrogens with zero attached hydrogens (tertiary/aromatic N) is 4. The number of rotatable bonds is 4. The summed E-state index contributed by atoms with van der Waals surface area (Å²) in [7, 11) is 6.24. The predicted molar refractivity (Wildman–Crippen MR) is 83.1 cm³/mol. The lowest BCUT2D eigenvalue weighted by Crippen LogP contribution is -2.92. The van der Waals surface area contributed by atoms with Crippen LogP contribution in [0.5, 0.6) is 0 Å². The lowest BCUT2D eigenvalue weighted by atomic mass is 11.3. The van der Waals surface area contributed by atoms with Gasteiger partial charge in [0.15, 0.2) is 36.5 Å². The fourth-order valence-corrected chi connectivity index (χ4v) is 29.9. The quantitative estimate of drug-likeness (QED) is 0.625. The average molecular weight is 293 g/mol. The zero-order valence-corrected chi connectivity index (χ0v) is 17.0. The molecule has 1 rings (SSSR count). The van der Waals surface area contributed by atoms with Gasteiger partial charge in [-0.2, -0.15) is 0 Å². The summed E-state index contributed by atoms with van der Waals surface area (Å²) in [5.41, 5.74) is 0. The van der Waals surface area contributed by atoms with E-state index in [0.29, 0.717) is 0 Å². The molecule has 4 nitrogen and oxygen atoms in total. The first-order chi connectivity index (χ1) is 7.10. The maximum Gasteiger partial charge on any atom is 0.176 e. The van der Waals surface area contributed by atoms with Gasteiger partial charge in [-0.1, -0.05) is 0 Å². The Morgan fingerprint density at radius 3 is 1.12 bits per heavy atom. The molecule has 0 unspecified atom stereocenters. The molecule has 0 atom stereocenters. The van der Waals surface area contributed by atoms with E-state index in [1.165, 1.54) is 0 Å². The molecule has 1 heterocycles. The van der Waals surface area contributed by atoms with Gasteiger partial charge in [-0.3, -0.25) is 0 Å². The first-order valence-corrected chi connectivity index (χ1v) is 14.3. The Labute approximate surface area is 108 Å². The maximum absolute atomic E-state index is 2.98. The summed E-state index contributed by atoms with van der Waals surface area (Å²) in [4.78, 5) is 0. The molecule has 0 spiro atoms. The Morgan fingerprint density at radius 2 is 0.938 bits per heavy atom. The lowest BCUT2D eigenvalue weighted by molar-refractivity contribution is 0.539. The van der Waals surface area contributed by atoms with Crippen LogP contribution in [0.1, 0.15) is 0 Å². The average Bonchev–Trinajstić information content (AvgIpc) is 2.09. The van der Waals surface area contributed by atoms with Crippen LogP contribution < -0.4 is 0 Å². The Balaban J connectivity index is 2.77. The highest BCUT2D eigenvalue weighted by Crippen LogP contribution is 2.36. The van der Waals surface area contributed by atoms with Crippen molar-refractivity contribution >= 4 is 36.5 Å². The second kappa shape index (κ2) is 4.76. The van der Waals surface area contributed by atoms with Crippen molar-refractivity contribution in [2.45, 2.75) is 26.2 Å². The van der Waals surface area contributed by atoms with E-state index in [-0.39, 0.29) is 19.7 Å². The monoisotopic (exact) mass is 292 g/mol. The van der Waals surface area contributed by atoms with Crippen LogP contribution in [0, 0.1) is 0 Å². The van der Waals surface area contributed by atoms with Crippen molar-refractivity contribution in [3.05, 3.63) is 0 Å². The number of hydrogen-bond donors (Lipinski definition) is 0. The third-order valence-corrected chi connectivity index (χ3v) is 28.0. The molecule has 8 heteroatoms. The van der Waals surface area contributed by atoms with Crippen LogP contribution in [0.2, 0.25) is 26.2 Å². The molecule has 0 aliphatic carbocycles. The van der Waals surface area contributed by atoms with Crippen molar-refractivity contribution in [1.82, 2.24) is 16.9 Å². The summed E-state index contributed by atoms with van der Waals surface area (Å²) in [5.74, 6) is 0. The van der Waals surface area contributed by atoms with Gasteiger partial charge in [-0.05, 0) is 54.4 Å². The summed E-state index contributed by atoms with van der Waals surface area (Å²) in [5, 5.41) is 0. The van der Waals surface area contributed by atoms with E-state index in [2.05, 4.69) is 71.3 Å². The van der Waals surface area contributed by atoms with Crippen molar-refractivity contribution in [1.29, 1.82) is 0 Å². The van der Waals surface area contributed by atoms with E-state index in [1.54, 1.807) is 0 Å². The van der Waals surface area contributed by atoms with E-state index in [0.717, 1.165) is 0 Å². The second-order valence-corrected chi connectivity index (χ2v) is 22.2. The van der Waals surface area contributed by atoms with E-state index in [9.17, 15) is 0 Å². The van der Waals surface area contributed by atoms with Gasteiger partial charge in [0.2, 0.25) is 0 Å². The molecule has 0 radical (unpaired) electrons. The Morgan fingerprint density at radius 1 is 0.688 bits per heavy atom. The van der Waals surface area contributed by atoms with E-state index >= 15 is 0 Å². The second-order valence-electron chi connectivity index (χ2n) is 6.29. The smallest absolute Gasteiger partial charge is 0.176 e. The first-order valence-electron chi connectivity index (χ1n) is 5.95. The summed E-state index contributed by atoms with van der Waals surface area (Å²) in [6.45, 7) is 10.2. The zero-order valence-electron chi connectivity index (χ0n) is 12.2. The molecule has 96 valence electrons.